The van der Waals surface area contributed by atoms with E-state index < -0.39 is 17.8 Å². The zero-order valence-corrected chi connectivity index (χ0v) is 20.6. The van der Waals surface area contributed by atoms with Gasteiger partial charge in [0.25, 0.3) is 0 Å². The molecule has 0 saturated carbocycles. The second-order valence-electron chi connectivity index (χ2n) is 9.16. The standard InChI is InChI=1S/C24H31ClN6O3/c1-16(26-14-21(32)18-6-5-7-19(25)13-18)15-31(23(33)34-24(2,3)4)20-10-8-17(9-11-20)12-22-27-29-30-28-22/h5-11,13,16,21,26,32H,12,14-15H2,1-4H3,(H,27,28,29,30). The Morgan fingerprint density at radius 1 is 1.24 bits per heavy atom. The van der Waals surface area contributed by atoms with Crippen LogP contribution in [0.4, 0.5) is 10.5 Å². The molecule has 34 heavy (non-hydrogen) atoms. The molecule has 2 atom stereocenters. The van der Waals surface area contributed by atoms with Gasteiger partial charge in [-0.05, 0) is 73.5 Å². The fourth-order valence-electron chi connectivity index (χ4n) is 3.33. The summed E-state index contributed by atoms with van der Waals surface area (Å²) in [6, 6.07) is 14.6. The first-order valence-corrected chi connectivity index (χ1v) is 11.5. The Hall–Kier alpha value is -3.01. The monoisotopic (exact) mass is 486 g/mol. The molecule has 0 bridgehead atoms. The molecule has 0 spiro atoms. The molecule has 0 radical (unpaired) electrons. The van der Waals surface area contributed by atoms with Crippen LogP contribution in [0.2, 0.25) is 5.02 Å². The number of ether oxygens (including phenoxy) is 1. The number of halogens is 1. The molecule has 1 aromatic heterocycles. The summed E-state index contributed by atoms with van der Waals surface area (Å²) in [4.78, 5) is 14.6. The molecule has 2 unspecified atom stereocenters. The van der Waals surface area contributed by atoms with E-state index >= 15 is 0 Å². The number of aromatic amines is 1. The first-order chi connectivity index (χ1) is 16.1. The van der Waals surface area contributed by atoms with E-state index in [4.69, 9.17) is 16.3 Å². The van der Waals surface area contributed by atoms with E-state index in [9.17, 15) is 9.90 Å². The first-order valence-electron chi connectivity index (χ1n) is 11.1. The van der Waals surface area contributed by atoms with Crippen LogP contribution in [0.3, 0.4) is 0 Å². The number of amides is 1. The highest BCUT2D eigenvalue weighted by Gasteiger charge is 2.25. The highest BCUT2D eigenvalue weighted by molar-refractivity contribution is 6.30. The van der Waals surface area contributed by atoms with Gasteiger partial charge in [-0.1, -0.05) is 35.9 Å². The highest BCUT2D eigenvalue weighted by Crippen LogP contribution is 2.21. The van der Waals surface area contributed by atoms with Crippen molar-refractivity contribution in [3.63, 3.8) is 0 Å². The van der Waals surface area contributed by atoms with Gasteiger partial charge in [-0.25, -0.2) is 9.89 Å². The number of aliphatic hydroxyl groups is 1. The van der Waals surface area contributed by atoms with Crippen LogP contribution < -0.4 is 10.2 Å². The van der Waals surface area contributed by atoms with Crippen LogP contribution in [-0.2, 0) is 11.2 Å². The third-order valence-electron chi connectivity index (χ3n) is 4.97. The Morgan fingerprint density at radius 2 is 1.97 bits per heavy atom. The summed E-state index contributed by atoms with van der Waals surface area (Å²) in [6.45, 7) is 8.12. The van der Waals surface area contributed by atoms with Crippen molar-refractivity contribution in [1.29, 1.82) is 0 Å². The summed E-state index contributed by atoms with van der Waals surface area (Å²) < 4.78 is 5.64. The molecule has 2 aromatic carbocycles. The third kappa shape index (κ3) is 7.79. The number of aromatic nitrogens is 4. The fourth-order valence-corrected chi connectivity index (χ4v) is 3.52. The van der Waals surface area contributed by atoms with Crippen LogP contribution in [0.15, 0.2) is 48.5 Å². The average molecular weight is 487 g/mol. The number of nitrogens with zero attached hydrogens (tertiary/aromatic N) is 4. The summed E-state index contributed by atoms with van der Waals surface area (Å²) in [6.07, 6.45) is -0.608. The number of hydrogen-bond acceptors (Lipinski definition) is 7. The molecule has 3 rings (SSSR count). The molecule has 9 nitrogen and oxygen atoms in total. The van der Waals surface area contributed by atoms with Crippen molar-refractivity contribution >= 4 is 23.4 Å². The van der Waals surface area contributed by atoms with Gasteiger partial charge >= 0.3 is 6.09 Å². The number of anilines is 1. The molecule has 0 saturated heterocycles. The van der Waals surface area contributed by atoms with Crippen LogP contribution in [0.5, 0.6) is 0 Å². The van der Waals surface area contributed by atoms with Gasteiger partial charge in [-0.3, -0.25) is 4.90 Å². The van der Waals surface area contributed by atoms with E-state index in [-0.39, 0.29) is 6.04 Å². The summed E-state index contributed by atoms with van der Waals surface area (Å²) in [5.74, 6) is 0.660. The van der Waals surface area contributed by atoms with Crippen LogP contribution in [0, 0.1) is 0 Å². The Labute approximate surface area is 204 Å². The Bertz CT molecular complexity index is 1050. The maximum Gasteiger partial charge on any atom is 0.414 e. The van der Waals surface area contributed by atoms with E-state index in [0.29, 0.717) is 36.0 Å². The molecular weight excluding hydrogens is 456 g/mol. The van der Waals surface area contributed by atoms with Gasteiger partial charge in [-0.2, -0.15) is 0 Å². The SMILES string of the molecule is CC(CN(C(=O)OC(C)(C)C)c1ccc(Cc2nnn[nH]2)cc1)NCC(O)c1cccc(Cl)c1. The Balaban J connectivity index is 1.67. The zero-order valence-electron chi connectivity index (χ0n) is 19.8. The van der Waals surface area contributed by atoms with Gasteiger partial charge in [0.2, 0.25) is 0 Å². The summed E-state index contributed by atoms with van der Waals surface area (Å²) in [5, 5.41) is 28.2. The molecule has 0 fully saturated rings. The van der Waals surface area contributed by atoms with Crippen molar-refractivity contribution in [3.8, 4) is 0 Å². The topological polar surface area (TPSA) is 116 Å². The van der Waals surface area contributed by atoms with Crippen LogP contribution in [-0.4, -0.2) is 56.6 Å². The minimum atomic E-state index is -0.721. The molecule has 0 aliphatic heterocycles. The third-order valence-corrected chi connectivity index (χ3v) is 5.21. The quantitative estimate of drug-likeness (QED) is 0.420. The van der Waals surface area contributed by atoms with Crippen LogP contribution >= 0.6 is 11.6 Å². The molecule has 0 aliphatic rings. The largest absolute Gasteiger partial charge is 0.443 e. The second-order valence-corrected chi connectivity index (χ2v) is 9.60. The number of aliphatic hydroxyl groups excluding tert-OH is 1. The number of benzene rings is 2. The van der Waals surface area contributed by atoms with Gasteiger partial charge in [-0.15, -0.1) is 5.10 Å². The Kier molecular flexibility index (Phi) is 8.60. The van der Waals surface area contributed by atoms with Crippen molar-refractivity contribution in [3.05, 3.63) is 70.5 Å². The van der Waals surface area contributed by atoms with Crippen molar-refractivity contribution in [2.75, 3.05) is 18.0 Å². The molecule has 1 amide bonds. The predicted octanol–water partition coefficient (Wildman–Crippen LogP) is 3.90. The maximum absolute atomic E-state index is 13.0. The second kappa shape index (κ2) is 11.4. The van der Waals surface area contributed by atoms with Crippen LogP contribution in [0.1, 0.15) is 50.8 Å². The van der Waals surface area contributed by atoms with Crippen molar-refractivity contribution in [2.45, 2.75) is 51.9 Å². The first kappa shape index (κ1) is 25.6. The lowest BCUT2D eigenvalue weighted by Gasteiger charge is -2.30. The average Bonchev–Trinajstić information content (AvgIpc) is 3.28. The molecule has 1 heterocycles. The van der Waals surface area contributed by atoms with Crippen molar-refractivity contribution in [2.24, 2.45) is 0 Å². The van der Waals surface area contributed by atoms with E-state index in [1.807, 2.05) is 58.0 Å². The Morgan fingerprint density at radius 3 is 2.59 bits per heavy atom. The number of tetrazole rings is 1. The lowest BCUT2D eigenvalue weighted by Crippen LogP contribution is -2.45. The van der Waals surface area contributed by atoms with E-state index in [2.05, 4.69) is 25.9 Å². The molecule has 182 valence electrons. The maximum atomic E-state index is 13.0. The number of H-pyrrole nitrogens is 1. The van der Waals surface area contributed by atoms with Crippen molar-refractivity contribution < 1.29 is 14.6 Å². The van der Waals surface area contributed by atoms with E-state index in [1.54, 1.807) is 23.1 Å². The molecule has 3 N–H and O–H groups in total. The van der Waals surface area contributed by atoms with E-state index in [0.717, 1.165) is 11.1 Å². The predicted molar refractivity (Wildman–Crippen MR) is 131 cm³/mol. The smallest absolute Gasteiger partial charge is 0.414 e. The van der Waals surface area contributed by atoms with Crippen LogP contribution in [0.25, 0.3) is 0 Å². The zero-order chi connectivity index (χ0) is 24.7. The number of hydrogen-bond donors (Lipinski definition) is 3. The number of carbonyl (C=O) groups excluding carboxylic acids is 1. The summed E-state index contributed by atoms with van der Waals surface area (Å²) in [7, 11) is 0. The lowest BCUT2D eigenvalue weighted by molar-refractivity contribution is 0.0577. The molecule has 0 aliphatic carbocycles. The van der Waals surface area contributed by atoms with Gasteiger partial charge in [0.15, 0.2) is 5.82 Å². The molecular formula is C24H31ClN6O3. The number of rotatable bonds is 9. The normalized spacial score (nSPS) is 13.4. The van der Waals surface area contributed by atoms with Gasteiger partial charge in [0, 0.05) is 36.3 Å². The number of carbonyl (C=O) groups is 1. The number of nitrogens with one attached hydrogen (secondary N) is 2. The lowest BCUT2D eigenvalue weighted by atomic mass is 10.1. The fraction of sp³-hybridized carbons (Fsp3) is 0.417. The summed E-state index contributed by atoms with van der Waals surface area (Å²) in [5.41, 5.74) is 1.81. The van der Waals surface area contributed by atoms with Gasteiger partial charge in [0.05, 0.1) is 6.10 Å². The van der Waals surface area contributed by atoms with Gasteiger partial charge < -0.3 is 15.2 Å². The minimum Gasteiger partial charge on any atom is -0.443 e. The van der Waals surface area contributed by atoms with E-state index in [1.165, 1.54) is 0 Å². The molecule has 3 aromatic rings. The van der Waals surface area contributed by atoms with Gasteiger partial charge in [0.1, 0.15) is 5.60 Å². The minimum absolute atomic E-state index is 0.124. The summed E-state index contributed by atoms with van der Waals surface area (Å²) >= 11 is 6.03. The molecule has 10 heteroatoms. The highest BCUT2D eigenvalue weighted by atomic mass is 35.5. The van der Waals surface area contributed by atoms with Crippen molar-refractivity contribution in [1.82, 2.24) is 25.9 Å².